The van der Waals surface area contributed by atoms with E-state index in [-0.39, 0.29) is 27.0 Å². The number of imide groups is 1. The number of hydrogen-bond acceptors (Lipinski definition) is 7. The van der Waals surface area contributed by atoms with Crippen molar-refractivity contribution in [2.45, 2.75) is 6.92 Å². The minimum absolute atomic E-state index is 0.0542. The maximum absolute atomic E-state index is 12.6. The third-order valence-corrected chi connectivity index (χ3v) is 5.33. The maximum Gasteiger partial charge on any atom is 0.294 e. The summed E-state index contributed by atoms with van der Waals surface area (Å²) in [6, 6.07) is 9.58. The third kappa shape index (κ3) is 5.31. The van der Waals surface area contributed by atoms with Gasteiger partial charge in [0.15, 0.2) is 11.5 Å². The first-order valence-corrected chi connectivity index (χ1v) is 10.4. The summed E-state index contributed by atoms with van der Waals surface area (Å²) in [4.78, 5) is 38.1. The maximum atomic E-state index is 12.6. The Hall–Kier alpha value is -3.17. The number of hydrogen-bond donors (Lipinski definition) is 2. The summed E-state index contributed by atoms with van der Waals surface area (Å²) >= 11 is 6.67. The Morgan fingerprint density at radius 1 is 1.26 bits per heavy atom. The van der Waals surface area contributed by atoms with E-state index in [9.17, 15) is 19.5 Å². The smallest absolute Gasteiger partial charge is 0.294 e. The number of phenolic OH excluding ortho intramolecular Hbond substituents is 1. The fourth-order valence-corrected chi connectivity index (χ4v) is 3.83. The van der Waals surface area contributed by atoms with Crippen LogP contribution in [0.15, 0.2) is 41.3 Å². The van der Waals surface area contributed by atoms with E-state index >= 15 is 0 Å². The van der Waals surface area contributed by atoms with Gasteiger partial charge in [0.2, 0.25) is 5.91 Å². The zero-order chi connectivity index (χ0) is 22.5. The average Bonchev–Trinajstić information content (AvgIpc) is 2.99. The summed E-state index contributed by atoms with van der Waals surface area (Å²) in [5.41, 5.74) is 0.723. The van der Waals surface area contributed by atoms with Gasteiger partial charge in [-0.15, -0.1) is 0 Å². The molecule has 0 bridgehead atoms. The van der Waals surface area contributed by atoms with E-state index in [0.717, 1.165) is 4.90 Å². The molecule has 2 N–H and O–H groups in total. The molecule has 31 heavy (non-hydrogen) atoms. The highest BCUT2D eigenvalue weighted by atomic mass is 35.5. The number of benzene rings is 2. The Morgan fingerprint density at radius 2 is 1.97 bits per heavy atom. The number of anilines is 1. The van der Waals surface area contributed by atoms with Crippen LogP contribution in [0.3, 0.4) is 0 Å². The predicted octanol–water partition coefficient (Wildman–Crippen LogP) is 4.13. The largest absolute Gasteiger partial charge is 0.504 e. The minimum Gasteiger partial charge on any atom is -0.504 e. The van der Waals surface area contributed by atoms with Crippen molar-refractivity contribution < 1.29 is 29.0 Å². The second-order valence-electron chi connectivity index (χ2n) is 6.32. The lowest BCUT2D eigenvalue weighted by atomic mass is 10.1. The molecule has 0 saturated carbocycles. The van der Waals surface area contributed by atoms with Crippen molar-refractivity contribution in [1.82, 2.24) is 4.90 Å². The molecule has 1 aliphatic heterocycles. The highest BCUT2D eigenvalue weighted by Gasteiger charge is 2.36. The molecule has 10 heteroatoms. The molecular weight excluding hydrogens is 444 g/mol. The average molecular weight is 463 g/mol. The Bertz CT molecular complexity index is 1050. The number of amides is 3. The van der Waals surface area contributed by atoms with Crippen LogP contribution in [0.25, 0.3) is 6.08 Å². The number of ether oxygens (including phenoxy) is 2. The lowest BCUT2D eigenvalue weighted by molar-refractivity contribution is -0.127. The summed E-state index contributed by atoms with van der Waals surface area (Å²) in [6.07, 6.45) is 1.33. The van der Waals surface area contributed by atoms with Crippen molar-refractivity contribution in [2.75, 3.05) is 25.6 Å². The van der Waals surface area contributed by atoms with E-state index in [1.165, 1.54) is 25.3 Å². The van der Waals surface area contributed by atoms with Crippen LogP contribution in [0.4, 0.5) is 10.5 Å². The van der Waals surface area contributed by atoms with Gasteiger partial charge in [0.05, 0.1) is 18.6 Å². The van der Waals surface area contributed by atoms with Crippen molar-refractivity contribution in [2.24, 2.45) is 0 Å². The van der Waals surface area contributed by atoms with Gasteiger partial charge in [-0.05, 0) is 55.1 Å². The molecule has 0 aromatic heterocycles. The molecule has 2 aromatic rings. The van der Waals surface area contributed by atoms with E-state index in [0.29, 0.717) is 29.8 Å². The molecule has 8 nitrogen and oxygen atoms in total. The van der Waals surface area contributed by atoms with E-state index in [2.05, 4.69) is 5.32 Å². The van der Waals surface area contributed by atoms with Gasteiger partial charge in [-0.2, -0.15) is 0 Å². The highest BCUT2D eigenvalue weighted by molar-refractivity contribution is 8.18. The second-order valence-corrected chi connectivity index (χ2v) is 7.75. The molecule has 2 aromatic carbocycles. The van der Waals surface area contributed by atoms with Crippen molar-refractivity contribution in [1.29, 1.82) is 0 Å². The van der Waals surface area contributed by atoms with Gasteiger partial charge >= 0.3 is 0 Å². The van der Waals surface area contributed by atoms with Crippen LogP contribution in [-0.2, 0) is 9.59 Å². The number of rotatable bonds is 7. The second kappa shape index (κ2) is 9.76. The van der Waals surface area contributed by atoms with Crippen LogP contribution in [-0.4, -0.2) is 47.3 Å². The van der Waals surface area contributed by atoms with Crippen molar-refractivity contribution in [3.05, 3.63) is 51.9 Å². The molecular formula is C21H19ClN2O6S. The van der Waals surface area contributed by atoms with Crippen LogP contribution in [0.2, 0.25) is 5.02 Å². The van der Waals surface area contributed by atoms with Crippen molar-refractivity contribution in [3.63, 3.8) is 0 Å². The molecule has 1 fully saturated rings. The summed E-state index contributed by atoms with van der Waals surface area (Å²) in [6.45, 7) is 1.95. The highest BCUT2D eigenvalue weighted by Crippen LogP contribution is 2.38. The van der Waals surface area contributed by atoms with Gasteiger partial charge in [-0.25, -0.2) is 0 Å². The number of carbonyl (C=O) groups is 3. The summed E-state index contributed by atoms with van der Waals surface area (Å²) in [7, 11) is 1.37. The Morgan fingerprint density at radius 3 is 2.61 bits per heavy atom. The normalized spacial score (nSPS) is 14.8. The lowest BCUT2D eigenvalue weighted by Crippen LogP contribution is -2.36. The number of aromatic hydroxyl groups is 1. The van der Waals surface area contributed by atoms with Crippen LogP contribution in [0.5, 0.6) is 17.2 Å². The molecule has 0 aliphatic carbocycles. The Balaban J connectivity index is 1.71. The monoisotopic (exact) mass is 462 g/mol. The van der Waals surface area contributed by atoms with Gasteiger partial charge < -0.3 is 19.9 Å². The summed E-state index contributed by atoms with van der Waals surface area (Å²) < 4.78 is 10.4. The van der Waals surface area contributed by atoms with Gasteiger partial charge in [0, 0.05) is 22.3 Å². The molecule has 1 heterocycles. The number of carbonyl (C=O) groups excluding carboxylic acids is 3. The molecule has 0 spiro atoms. The SMILES string of the molecule is CCOc1ccc(NC(=O)CN2C(=O)S/C(=C/c3cc(Cl)cc(OC)c3O)C2=O)cc1. The number of phenols is 1. The van der Waals surface area contributed by atoms with Crippen LogP contribution in [0, 0.1) is 0 Å². The zero-order valence-electron chi connectivity index (χ0n) is 16.7. The molecule has 0 radical (unpaired) electrons. The number of nitrogens with zero attached hydrogens (tertiary/aromatic N) is 1. The third-order valence-electron chi connectivity index (χ3n) is 4.20. The van der Waals surface area contributed by atoms with E-state index < -0.39 is 23.6 Å². The molecule has 1 saturated heterocycles. The minimum atomic E-state index is -0.643. The lowest BCUT2D eigenvalue weighted by Gasteiger charge is -2.13. The topological polar surface area (TPSA) is 105 Å². The van der Waals surface area contributed by atoms with Crippen molar-refractivity contribution in [3.8, 4) is 17.2 Å². The van der Waals surface area contributed by atoms with Gasteiger partial charge in [0.1, 0.15) is 12.3 Å². The van der Waals surface area contributed by atoms with Crippen LogP contribution in [0.1, 0.15) is 12.5 Å². The van der Waals surface area contributed by atoms with E-state index in [1.807, 2.05) is 6.92 Å². The fraction of sp³-hybridized carbons (Fsp3) is 0.190. The number of nitrogens with one attached hydrogen (secondary N) is 1. The standard InChI is InChI=1S/C21H19ClN2O6S/c1-3-30-15-6-4-14(5-7-15)23-18(25)11-24-20(27)17(31-21(24)28)9-12-8-13(22)10-16(29-2)19(12)26/h4-10,26H,3,11H2,1-2H3,(H,23,25)/b17-9+. The summed E-state index contributed by atoms with van der Waals surface area (Å²) in [5, 5.41) is 12.6. The predicted molar refractivity (Wildman–Crippen MR) is 119 cm³/mol. The van der Waals surface area contributed by atoms with Gasteiger partial charge in [0.25, 0.3) is 11.1 Å². The van der Waals surface area contributed by atoms with Crippen LogP contribution < -0.4 is 14.8 Å². The first kappa shape index (κ1) is 22.5. The number of thioether (sulfide) groups is 1. The number of halogens is 1. The van der Waals surface area contributed by atoms with E-state index in [4.69, 9.17) is 21.1 Å². The fourth-order valence-electron chi connectivity index (χ4n) is 2.78. The van der Waals surface area contributed by atoms with Crippen LogP contribution >= 0.6 is 23.4 Å². The summed E-state index contributed by atoms with van der Waals surface area (Å²) in [5.74, 6) is -0.590. The quantitative estimate of drug-likeness (QED) is 0.596. The number of methoxy groups -OCH3 is 1. The first-order chi connectivity index (χ1) is 14.8. The molecule has 3 amide bonds. The van der Waals surface area contributed by atoms with Gasteiger partial charge in [-0.3, -0.25) is 19.3 Å². The molecule has 162 valence electrons. The van der Waals surface area contributed by atoms with E-state index in [1.54, 1.807) is 24.3 Å². The molecule has 0 unspecified atom stereocenters. The Kier molecular flexibility index (Phi) is 7.09. The molecule has 3 rings (SSSR count). The van der Waals surface area contributed by atoms with Crippen molar-refractivity contribution >= 4 is 52.2 Å². The Labute approximate surface area is 187 Å². The molecule has 1 aliphatic rings. The zero-order valence-corrected chi connectivity index (χ0v) is 18.2. The van der Waals surface area contributed by atoms with Gasteiger partial charge in [-0.1, -0.05) is 11.6 Å². The molecule has 0 atom stereocenters. The first-order valence-electron chi connectivity index (χ1n) is 9.17.